The standard InChI is InChI=1S/C29H29BrN4O3S/c1-20-10-13-27(16-21(20)2)33(38(36,37)28-8-6-5-7-9-28)19-29(35)32-31-18-24-17-22(3)34(23(24)4)26-14-11-25(30)12-15-26/h5-18H,19H2,1-4H3,(H,32,35)/b31-18-. The Morgan fingerprint density at radius 2 is 1.63 bits per heavy atom. The van der Waals surface area contributed by atoms with Gasteiger partial charge < -0.3 is 4.57 Å². The molecule has 0 saturated heterocycles. The van der Waals surface area contributed by atoms with Crippen LogP contribution in [-0.4, -0.2) is 31.7 Å². The van der Waals surface area contributed by atoms with Gasteiger partial charge in [-0.1, -0.05) is 40.2 Å². The molecule has 0 unspecified atom stereocenters. The van der Waals surface area contributed by atoms with Crippen molar-refractivity contribution in [3.63, 3.8) is 0 Å². The summed E-state index contributed by atoms with van der Waals surface area (Å²) in [5.41, 5.74) is 8.70. The second-order valence-electron chi connectivity index (χ2n) is 9.02. The fourth-order valence-electron chi connectivity index (χ4n) is 4.16. The quantitative estimate of drug-likeness (QED) is 0.207. The van der Waals surface area contributed by atoms with Crippen molar-refractivity contribution in [2.75, 3.05) is 10.8 Å². The highest BCUT2D eigenvalue weighted by molar-refractivity contribution is 9.10. The fraction of sp³-hybridized carbons (Fsp3) is 0.172. The summed E-state index contributed by atoms with van der Waals surface area (Å²) in [6, 6.07) is 23.4. The van der Waals surface area contributed by atoms with E-state index < -0.39 is 22.5 Å². The smallest absolute Gasteiger partial charge is 0.264 e. The van der Waals surface area contributed by atoms with Gasteiger partial charge in [-0.25, -0.2) is 13.8 Å². The fourth-order valence-corrected chi connectivity index (χ4v) is 5.86. The first-order valence-corrected chi connectivity index (χ1v) is 14.2. The van der Waals surface area contributed by atoms with E-state index in [2.05, 4.69) is 31.0 Å². The molecule has 0 atom stereocenters. The maximum absolute atomic E-state index is 13.5. The monoisotopic (exact) mass is 592 g/mol. The van der Waals surface area contributed by atoms with Gasteiger partial charge in [0.25, 0.3) is 15.9 Å². The molecule has 1 heterocycles. The lowest BCUT2D eigenvalue weighted by Crippen LogP contribution is -2.39. The molecule has 3 aromatic carbocycles. The summed E-state index contributed by atoms with van der Waals surface area (Å²) >= 11 is 3.46. The Balaban J connectivity index is 1.56. The molecule has 0 radical (unpaired) electrons. The molecule has 0 saturated carbocycles. The lowest BCUT2D eigenvalue weighted by atomic mass is 10.1. The number of sulfonamides is 1. The number of benzene rings is 3. The molecule has 0 spiro atoms. The third kappa shape index (κ3) is 5.89. The molecule has 1 aromatic heterocycles. The van der Waals surface area contributed by atoms with Crippen LogP contribution in [0.1, 0.15) is 28.1 Å². The van der Waals surface area contributed by atoms with E-state index >= 15 is 0 Å². The van der Waals surface area contributed by atoms with E-state index in [0.29, 0.717) is 5.69 Å². The summed E-state index contributed by atoms with van der Waals surface area (Å²) in [6.45, 7) is 7.41. The van der Waals surface area contributed by atoms with Crippen LogP contribution in [0.4, 0.5) is 5.69 Å². The first-order valence-electron chi connectivity index (χ1n) is 12.0. The molecule has 1 amide bonds. The summed E-state index contributed by atoms with van der Waals surface area (Å²) in [6.07, 6.45) is 1.57. The second-order valence-corrected chi connectivity index (χ2v) is 11.8. The van der Waals surface area contributed by atoms with Crippen molar-refractivity contribution in [3.8, 4) is 5.69 Å². The average molecular weight is 594 g/mol. The number of halogens is 1. The number of hydrazone groups is 1. The first kappa shape index (κ1) is 27.3. The van der Waals surface area contributed by atoms with Crippen LogP contribution in [0.3, 0.4) is 0 Å². The number of nitrogens with one attached hydrogen (secondary N) is 1. The van der Waals surface area contributed by atoms with Gasteiger partial charge in [0, 0.05) is 27.1 Å². The highest BCUT2D eigenvalue weighted by Gasteiger charge is 2.27. The van der Waals surface area contributed by atoms with Gasteiger partial charge in [-0.15, -0.1) is 0 Å². The lowest BCUT2D eigenvalue weighted by Gasteiger charge is -2.24. The molecule has 196 valence electrons. The molecule has 0 aliphatic carbocycles. The Bertz CT molecular complexity index is 1600. The minimum Gasteiger partial charge on any atom is -0.318 e. The molecule has 4 rings (SSSR count). The molecule has 4 aromatic rings. The molecule has 38 heavy (non-hydrogen) atoms. The number of carbonyl (C=O) groups is 1. The van der Waals surface area contributed by atoms with Gasteiger partial charge in [-0.05, 0) is 93.4 Å². The molecular formula is C29H29BrN4O3S. The Morgan fingerprint density at radius 1 is 0.947 bits per heavy atom. The SMILES string of the molecule is Cc1ccc(N(CC(=O)N/N=C\c2cc(C)n(-c3ccc(Br)cc3)c2C)S(=O)(=O)c2ccccc2)cc1C. The number of anilines is 1. The summed E-state index contributed by atoms with van der Waals surface area (Å²) in [5, 5.41) is 4.13. The largest absolute Gasteiger partial charge is 0.318 e. The van der Waals surface area contributed by atoms with Crippen molar-refractivity contribution in [2.45, 2.75) is 32.6 Å². The number of rotatable bonds is 8. The number of hydrogen-bond donors (Lipinski definition) is 1. The summed E-state index contributed by atoms with van der Waals surface area (Å²) in [7, 11) is -3.98. The van der Waals surface area contributed by atoms with Crippen molar-refractivity contribution in [2.24, 2.45) is 5.10 Å². The molecule has 0 aliphatic rings. The van der Waals surface area contributed by atoms with E-state index in [1.807, 2.05) is 64.1 Å². The molecule has 0 fully saturated rings. The van der Waals surface area contributed by atoms with E-state index in [4.69, 9.17) is 0 Å². The predicted molar refractivity (Wildman–Crippen MR) is 156 cm³/mol. The van der Waals surface area contributed by atoms with E-state index in [-0.39, 0.29) is 4.90 Å². The summed E-state index contributed by atoms with van der Waals surface area (Å²) in [4.78, 5) is 13.0. The van der Waals surface area contributed by atoms with Gasteiger partial charge in [0.15, 0.2) is 0 Å². The Hall–Kier alpha value is -3.69. The normalized spacial score (nSPS) is 11.6. The van der Waals surface area contributed by atoms with Crippen molar-refractivity contribution in [1.29, 1.82) is 0 Å². The number of aromatic nitrogens is 1. The number of carbonyl (C=O) groups excluding carboxylic acids is 1. The molecular weight excluding hydrogens is 564 g/mol. The Morgan fingerprint density at radius 3 is 2.29 bits per heavy atom. The molecule has 0 aliphatic heterocycles. The maximum atomic E-state index is 13.5. The van der Waals surface area contributed by atoms with Crippen molar-refractivity contribution >= 4 is 43.8 Å². The maximum Gasteiger partial charge on any atom is 0.264 e. The van der Waals surface area contributed by atoms with Crippen LogP contribution < -0.4 is 9.73 Å². The van der Waals surface area contributed by atoms with Crippen LogP contribution in [0.15, 0.2) is 93.3 Å². The predicted octanol–water partition coefficient (Wildman–Crippen LogP) is 5.82. The Labute approximate surface area is 232 Å². The molecule has 0 bridgehead atoms. The van der Waals surface area contributed by atoms with Gasteiger partial charge in [-0.3, -0.25) is 9.10 Å². The zero-order chi connectivity index (χ0) is 27.4. The van der Waals surface area contributed by atoms with Crippen LogP contribution in [0.25, 0.3) is 5.69 Å². The summed E-state index contributed by atoms with van der Waals surface area (Å²) < 4.78 is 31.2. The average Bonchev–Trinajstić information content (AvgIpc) is 3.18. The number of aryl methyl sites for hydroxylation is 3. The second kappa shape index (κ2) is 11.4. The van der Waals surface area contributed by atoms with E-state index in [9.17, 15) is 13.2 Å². The molecule has 9 heteroatoms. The topological polar surface area (TPSA) is 83.8 Å². The van der Waals surface area contributed by atoms with Crippen LogP contribution >= 0.6 is 15.9 Å². The number of nitrogens with zero attached hydrogens (tertiary/aromatic N) is 3. The molecule has 1 N–H and O–H groups in total. The zero-order valence-electron chi connectivity index (χ0n) is 21.6. The summed E-state index contributed by atoms with van der Waals surface area (Å²) in [5.74, 6) is -0.555. The van der Waals surface area contributed by atoms with Gasteiger partial charge in [-0.2, -0.15) is 5.10 Å². The number of hydrogen-bond acceptors (Lipinski definition) is 4. The van der Waals surface area contributed by atoms with Gasteiger partial charge in [0.1, 0.15) is 6.54 Å². The van der Waals surface area contributed by atoms with Gasteiger partial charge in [0.05, 0.1) is 16.8 Å². The van der Waals surface area contributed by atoms with Crippen LogP contribution in [0.2, 0.25) is 0 Å². The van der Waals surface area contributed by atoms with Crippen LogP contribution in [0, 0.1) is 27.7 Å². The minimum atomic E-state index is -3.98. The molecule has 7 nitrogen and oxygen atoms in total. The first-order chi connectivity index (χ1) is 18.1. The van der Waals surface area contributed by atoms with Crippen LogP contribution in [0.5, 0.6) is 0 Å². The van der Waals surface area contributed by atoms with Crippen LogP contribution in [-0.2, 0) is 14.8 Å². The minimum absolute atomic E-state index is 0.106. The van der Waals surface area contributed by atoms with Gasteiger partial charge in [0.2, 0.25) is 0 Å². The third-order valence-electron chi connectivity index (χ3n) is 6.34. The number of amides is 1. The van der Waals surface area contributed by atoms with Crippen molar-refractivity contribution in [1.82, 2.24) is 9.99 Å². The van der Waals surface area contributed by atoms with Crippen molar-refractivity contribution in [3.05, 3.63) is 111 Å². The van der Waals surface area contributed by atoms with E-state index in [1.165, 1.54) is 12.1 Å². The highest BCUT2D eigenvalue weighted by atomic mass is 79.9. The van der Waals surface area contributed by atoms with E-state index in [0.717, 1.165) is 42.5 Å². The van der Waals surface area contributed by atoms with E-state index in [1.54, 1.807) is 36.5 Å². The van der Waals surface area contributed by atoms with Gasteiger partial charge >= 0.3 is 0 Å². The lowest BCUT2D eigenvalue weighted by molar-refractivity contribution is -0.119. The Kier molecular flexibility index (Phi) is 8.18. The van der Waals surface area contributed by atoms with Crippen molar-refractivity contribution < 1.29 is 13.2 Å². The highest BCUT2D eigenvalue weighted by Crippen LogP contribution is 2.26. The third-order valence-corrected chi connectivity index (χ3v) is 8.66. The zero-order valence-corrected chi connectivity index (χ0v) is 24.0.